The van der Waals surface area contributed by atoms with Crippen LogP contribution in [0, 0.1) is 0 Å². The molecule has 0 saturated heterocycles. The maximum atomic E-state index is 12.1. The average Bonchev–Trinajstić information content (AvgIpc) is 2.41. The topological polar surface area (TPSA) is 79.3 Å². The Kier molecular flexibility index (Phi) is 4.74. The van der Waals surface area contributed by atoms with E-state index in [0.29, 0.717) is 15.7 Å². The molecule has 0 unspecified atom stereocenters. The van der Waals surface area contributed by atoms with E-state index in [9.17, 15) is 8.42 Å². The Bertz CT molecular complexity index is 687. The van der Waals surface area contributed by atoms with Crippen molar-refractivity contribution in [3.63, 3.8) is 0 Å². The monoisotopic (exact) mass is 356 g/mol. The Balaban J connectivity index is 2.13. The van der Waals surface area contributed by atoms with E-state index < -0.39 is 10.0 Å². The van der Waals surface area contributed by atoms with Gasteiger partial charge in [0.1, 0.15) is 0 Å². The van der Waals surface area contributed by atoms with Crippen LogP contribution in [0.2, 0.25) is 0 Å². The second-order valence-electron chi connectivity index (χ2n) is 4.19. The quantitative estimate of drug-likeness (QED) is 0.861. The van der Waals surface area contributed by atoms with Gasteiger partial charge in [0, 0.05) is 12.4 Å². The molecule has 20 heavy (non-hydrogen) atoms. The summed E-state index contributed by atoms with van der Waals surface area (Å²) in [4.78, 5) is 3.87. The second-order valence-corrected chi connectivity index (χ2v) is 6.77. The van der Waals surface area contributed by atoms with Crippen LogP contribution >= 0.6 is 15.9 Å². The first-order chi connectivity index (χ1) is 9.50. The molecule has 0 fully saturated rings. The second kappa shape index (κ2) is 6.34. The first kappa shape index (κ1) is 15.0. The van der Waals surface area contributed by atoms with Gasteiger partial charge in [0.25, 0.3) is 0 Å². The predicted molar refractivity (Wildman–Crippen MR) is 80.5 cm³/mol. The number of nitrogens with one attached hydrogen (secondary N) is 1. The number of nitrogens with zero attached hydrogens (tertiary/aromatic N) is 1. The fraction of sp³-hybridized carbons (Fsp3) is 0.154. The van der Waals surface area contributed by atoms with Crippen molar-refractivity contribution in [1.82, 2.24) is 4.98 Å². The maximum absolute atomic E-state index is 12.1. The number of rotatable bonds is 5. The lowest BCUT2D eigenvalue weighted by Crippen LogP contribution is -2.15. The zero-order chi connectivity index (χ0) is 14.6. The summed E-state index contributed by atoms with van der Waals surface area (Å²) in [6, 6.07) is 8.36. The lowest BCUT2D eigenvalue weighted by atomic mass is 10.2. The van der Waals surface area contributed by atoms with Crippen LogP contribution in [-0.2, 0) is 22.4 Å². The van der Waals surface area contributed by atoms with E-state index in [1.54, 1.807) is 30.3 Å². The fourth-order valence-corrected chi connectivity index (χ4v) is 3.32. The van der Waals surface area contributed by atoms with Gasteiger partial charge in [-0.25, -0.2) is 8.42 Å². The van der Waals surface area contributed by atoms with Crippen LogP contribution in [0.5, 0.6) is 0 Å². The highest BCUT2D eigenvalue weighted by Gasteiger charge is 2.13. The van der Waals surface area contributed by atoms with Gasteiger partial charge >= 0.3 is 0 Å². The van der Waals surface area contributed by atoms with Crippen molar-refractivity contribution in [2.45, 2.75) is 12.4 Å². The third kappa shape index (κ3) is 4.03. The van der Waals surface area contributed by atoms with E-state index in [-0.39, 0.29) is 12.4 Å². The van der Waals surface area contributed by atoms with Gasteiger partial charge in [-0.3, -0.25) is 9.71 Å². The van der Waals surface area contributed by atoms with Gasteiger partial charge in [-0.2, -0.15) is 0 Å². The Hall–Kier alpha value is -1.44. The number of aliphatic hydroxyl groups is 1. The Morgan fingerprint density at radius 2 is 1.80 bits per heavy atom. The van der Waals surface area contributed by atoms with Crippen LogP contribution < -0.4 is 4.72 Å². The number of hydrogen-bond acceptors (Lipinski definition) is 4. The lowest BCUT2D eigenvalue weighted by molar-refractivity contribution is 0.282. The summed E-state index contributed by atoms with van der Waals surface area (Å²) >= 11 is 3.24. The van der Waals surface area contributed by atoms with Crippen LogP contribution in [-0.4, -0.2) is 18.5 Å². The molecular formula is C13H13BrN2O3S. The molecule has 7 heteroatoms. The first-order valence-electron chi connectivity index (χ1n) is 5.79. The summed E-state index contributed by atoms with van der Waals surface area (Å²) in [6.45, 7) is -0.0603. The highest BCUT2D eigenvalue weighted by molar-refractivity contribution is 9.10. The smallest absolute Gasteiger partial charge is 0.236 e. The summed E-state index contributed by atoms with van der Waals surface area (Å²) < 4.78 is 27.2. The van der Waals surface area contributed by atoms with Crippen LogP contribution in [0.4, 0.5) is 5.69 Å². The van der Waals surface area contributed by atoms with E-state index in [2.05, 4.69) is 25.6 Å². The molecule has 106 valence electrons. The molecular weight excluding hydrogens is 344 g/mol. The molecule has 0 atom stereocenters. The van der Waals surface area contributed by atoms with Gasteiger partial charge in [-0.15, -0.1) is 0 Å². The van der Waals surface area contributed by atoms with Crippen molar-refractivity contribution < 1.29 is 13.5 Å². The molecule has 0 radical (unpaired) electrons. The van der Waals surface area contributed by atoms with E-state index in [1.807, 2.05) is 0 Å². The van der Waals surface area contributed by atoms with Crippen LogP contribution in [0.15, 0.2) is 47.2 Å². The minimum absolute atomic E-state index is 0.0603. The highest BCUT2D eigenvalue weighted by atomic mass is 79.9. The molecule has 0 aliphatic carbocycles. The number of anilines is 1. The molecule has 0 bridgehead atoms. The van der Waals surface area contributed by atoms with Gasteiger partial charge in [0.2, 0.25) is 10.0 Å². The highest BCUT2D eigenvalue weighted by Crippen LogP contribution is 2.22. The molecule has 2 N–H and O–H groups in total. The third-order valence-corrected chi connectivity index (χ3v) is 4.48. The van der Waals surface area contributed by atoms with E-state index >= 15 is 0 Å². The number of sulfonamides is 1. The number of pyridine rings is 1. The van der Waals surface area contributed by atoms with Gasteiger partial charge in [-0.05, 0) is 33.1 Å². The fourth-order valence-electron chi connectivity index (χ4n) is 1.62. The predicted octanol–water partition coefficient (Wildman–Crippen LogP) is 2.28. The molecule has 1 heterocycles. The van der Waals surface area contributed by atoms with Crippen LogP contribution in [0.3, 0.4) is 0 Å². The van der Waals surface area contributed by atoms with Crippen molar-refractivity contribution in [3.05, 3.63) is 58.3 Å². The summed E-state index contributed by atoms with van der Waals surface area (Å²) in [5.41, 5.74) is 1.85. The lowest BCUT2D eigenvalue weighted by Gasteiger charge is -2.09. The molecule has 1 aromatic heterocycles. The van der Waals surface area contributed by atoms with Gasteiger partial charge in [0.05, 0.1) is 22.5 Å². The summed E-state index contributed by atoms with van der Waals surface area (Å²) in [7, 11) is -3.50. The van der Waals surface area contributed by atoms with Crippen LogP contribution in [0.25, 0.3) is 0 Å². The Morgan fingerprint density at radius 3 is 2.40 bits per heavy atom. The van der Waals surface area contributed by atoms with E-state index in [1.165, 1.54) is 12.4 Å². The third-order valence-electron chi connectivity index (χ3n) is 2.60. The molecule has 0 amide bonds. The van der Waals surface area contributed by atoms with Crippen molar-refractivity contribution in [2.24, 2.45) is 0 Å². The Morgan fingerprint density at radius 1 is 1.15 bits per heavy atom. The molecule has 0 saturated carbocycles. The number of benzene rings is 1. The van der Waals surface area contributed by atoms with Crippen molar-refractivity contribution in [1.29, 1.82) is 0 Å². The number of aliphatic hydroxyl groups excluding tert-OH is 1. The number of hydrogen-bond donors (Lipinski definition) is 2. The molecule has 5 nitrogen and oxygen atoms in total. The summed E-state index contributed by atoms with van der Waals surface area (Å²) in [6.07, 6.45) is 3.03. The van der Waals surface area contributed by atoms with Gasteiger partial charge in [-0.1, -0.05) is 24.3 Å². The SMILES string of the molecule is O=S(=O)(Cc1ccc(CO)cc1)Nc1ccncc1Br. The molecule has 1 aromatic carbocycles. The normalized spacial score (nSPS) is 11.3. The maximum Gasteiger partial charge on any atom is 0.236 e. The van der Waals surface area contributed by atoms with Crippen LogP contribution in [0.1, 0.15) is 11.1 Å². The summed E-state index contributed by atoms with van der Waals surface area (Å²) in [5, 5.41) is 8.94. The molecule has 2 aromatic rings. The summed E-state index contributed by atoms with van der Waals surface area (Å²) in [5.74, 6) is -0.131. The van der Waals surface area contributed by atoms with E-state index in [0.717, 1.165) is 5.56 Å². The molecule has 2 rings (SSSR count). The van der Waals surface area contributed by atoms with Crippen molar-refractivity contribution in [3.8, 4) is 0 Å². The minimum atomic E-state index is -3.50. The molecule has 0 aliphatic heterocycles. The minimum Gasteiger partial charge on any atom is -0.392 e. The van der Waals surface area contributed by atoms with E-state index in [4.69, 9.17) is 5.11 Å². The standard InChI is InChI=1S/C13H13BrN2O3S/c14-12-7-15-6-5-13(12)16-20(18,19)9-11-3-1-10(8-17)2-4-11/h1-7,17H,8-9H2,(H,15,16). The number of halogens is 1. The molecule has 0 spiro atoms. The van der Waals surface area contributed by atoms with Crippen molar-refractivity contribution in [2.75, 3.05) is 4.72 Å². The Labute approximate surface area is 125 Å². The molecule has 0 aliphatic rings. The number of aromatic nitrogens is 1. The average molecular weight is 357 g/mol. The zero-order valence-corrected chi connectivity index (χ0v) is 12.9. The largest absolute Gasteiger partial charge is 0.392 e. The van der Waals surface area contributed by atoms with Gasteiger partial charge in [0.15, 0.2) is 0 Å². The first-order valence-corrected chi connectivity index (χ1v) is 8.23. The zero-order valence-electron chi connectivity index (χ0n) is 10.5. The van der Waals surface area contributed by atoms with Crippen molar-refractivity contribution >= 4 is 31.6 Å². The van der Waals surface area contributed by atoms with Gasteiger partial charge < -0.3 is 5.11 Å².